The number of likely N-dealkylation sites (tertiary alicyclic amines) is 2. The van der Waals surface area contributed by atoms with Gasteiger partial charge in [-0.25, -0.2) is 9.37 Å². The molecule has 2 unspecified atom stereocenters. The number of phenolic OH excluding ortho intramolecular Hbond substituents is 1. The number of β-amino-alcohol motifs (C(OH)–C–C–N with tert-alkyl or cyclic N) is 1. The summed E-state index contributed by atoms with van der Waals surface area (Å²) in [7, 11) is 0. The number of aromatic hydroxyl groups is 1. The number of benzene rings is 3. The maximum Gasteiger partial charge on any atom is 0.319 e. The number of aliphatic hydroxyl groups excluding tert-OH is 1. The van der Waals surface area contributed by atoms with Gasteiger partial charge < -0.3 is 45.4 Å². The number of rotatable bonds is 18. The lowest BCUT2D eigenvalue weighted by atomic mass is 9.85. The molecule has 4 fully saturated rings. The highest BCUT2D eigenvalue weighted by atomic mass is 32.1. The molecule has 0 saturated carbocycles. The Hall–Kier alpha value is -6.82. The Morgan fingerprint density at radius 3 is 2.53 bits per heavy atom. The van der Waals surface area contributed by atoms with Crippen molar-refractivity contribution >= 4 is 56.6 Å². The number of ether oxygens (including phenoxy) is 2. The molecule has 6 aromatic rings. The number of carbonyl (C=O) groups excluding carboxylic acids is 3. The average molecular weight is 1080 g/mol. The fourth-order valence-electron chi connectivity index (χ4n) is 11.6. The number of aliphatic hydroxyl groups is 1. The minimum absolute atomic E-state index is 0.0125. The number of nitrogens with one attached hydrogen (secondary N) is 3. The molecule has 3 aromatic heterocycles. The number of phenols is 1. The van der Waals surface area contributed by atoms with Gasteiger partial charge in [0.1, 0.15) is 41.5 Å². The van der Waals surface area contributed by atoms with Crippen LogP contribution in [0.3, 0.4) is 0 Å². The summed E-state index contributed by atoms with van der Waals surface area (Å²) < 4.78 is 29.5. The molecule has 3 amide bonds. The Balaban J connectivity index is 0.729. The molecule has 0 spiro atoms. The van der Waals surface area contributed by atoms with Crippen LogP contribution in [0.25, 0.3) is 43.4 Å². The first-order valence-corrected chi connectivity index (χ1v) is 28.0. The zero-order valence-electron chi connectivity index (χ0n) is 44.9. The van der Waals surface area contributed by atoms with Crippen molar-refractivity contribution < 1.29 is 38.5 Å². The normalized spacial score (nSPS) is 21.2. The fourth-order valence-corrected chi connectivity index (χ4v) is 12.4. The number of hydrogen-bond acceptors (Lipinski definition) is 15. The Kier molecular flexibility index (Phi) is 16.3. The number of amides is 3. The van der Waals surface area contributed by atoms with Crippen molar-refractivity contribution in [3.05, 3.63) is 88.9 Å². The molecule has 410 valence electrons. The van der Waals surface area contributed by atoms with E-state index in [0.29, 0.717) is 77.9 Å². The van der Waals surface area contributed by atoms with E-state index >= 15 is 4.39 Å². The number of aryl methyl sites for hydroxylation is 1. The molecule has 4 saturated heterocycles. The van der Waals surface area contributed by atoms with Gasteiger partial charge in [0.2, 0.25) is 17.7 Å². The summed E-state index contributed by atoms with van der Waals surface area (Å²) in [5, 5.41) is 32.8. The molecule has 4 aliphatic rings. The second kappa shape index (κ2) is 23.3. The van der Waals surface area contributed by atoms with Crippen molar-refractivity contribution in [3.63, 3.8) is 0 Å². The van der Waals surface area contributed by atoms with Crippen LogP contribution in [0.1, 0.15) is 95.5 Å². The molecule has 78 heavy (non-hydrogen) atoms. The van der Waals surface area contributed by atoms with Crippen LogP contribution in [0.4, 0.5) is 10.2 Å². The number of thiazole rings is 1. The van der Waals surface area contributed by atoms with Crippen LogP contribution < -0.4 is 25.6 Å². The molecule has 5 N–H and O–H groups in total. The van der Waals surface area contributed by atoms with E-state index in [0.717, 1.165) is 60.5 Å². The number of piperazine rings is 1. The van der Waals surface area contributed by atoms with E-state index in [1.165, 1.54) is 11.0 Å². The summed E-state index contributed by atoms with van der Waals surface area (Å²) in [6.45, 7) is 13.3. The second-order valence-corrected chi connectivity index (χ2v) is 23.2. The van der Waals surface area contributed by atoms with Crippen LogP contribution in [-0.4, -0.2) is 147 Å². The molecule has 4 aliphatic heterocycles. The third-order valence-electron chi connectivity index (χ3n) is 15.7. The molecule has 0 radical (unpaired) electrons. The third kappa shape index (κ3) is 11.8. The first kappa shape index (κ1) is 54.5. The number of terminal acetylenes is 1. The molecule has 3 aromatic carbocycles. The van der Waals surface area contributed by atoms with E-state index in [1.807, 2.05) is 70.5 Å². The van der Waals surface area contributed by atoms with Gasteiger partial charge in [0.15, 0.2) is 5.82 Å². The lowest BCUT2D eigenvalue weighted by Crippen LogP contribution is -2.58. The lowest BCUT2D eigenvalue weighted by molar-refractivity contribution is -0.144. The van der Waals surface area contributed by atoms with Gasteiger partial charge in [0.25, 0.3) is 0 Å². The molecule has 2 bridgehead atoms. The maximum absolute atomic E-state index is 17.1. The summed E-state index contributed by atoms with van der Waals surface area (Å²) in [6, 6.07) is 14.9. The largest absolute Gasteiger partial charge is 0.508 e. The van der Waals surface area contributed by atoms with Crippen LogP contribution in [0, 0.1) is 30.5 Å². The Labute approximate surface area is 458 Å². The molecule has 0 aliphatic carbocycles. The molecule has 17 nitrogen and oxygen atoms in total. The smallest absolute Gasteiger partial charge is 0.319 e. The molecule has 7 atom stereocenters. The minimum Gasteiger partial charge on any atom is -0.508 e. The molecule has 7 heterocycles. The number of pyridine rings is 1. The zero-order chi connectivity index (χ0) is 54.8. The topological polar surface area (TPSA) is 208 Å². The molecule has 10 rings (SSSR count). The standard InChI is InChI=1S/C59H69FN10O7S/c1-7-36-11-8-12-39-25-43(71)26-45(49(36)39)51-50(60)52-46(28-61-51)55(69-29-40-18-19-41(30-69)64-40)67-58(66-52)77-32-42-13-9-21-68(42)22-10-23-76-24-20-48(73)65-54(59(4,5)6)57(75)70-31-44(72)27-47(70)56(74)63-34(2)37-14-16-38(17-15-37)53-35(3)62-33-78-53/h1,8,11-12,14-17,25-26,28,33-34,40-42,44,47,54,64,71-72H,9-10,13,18-24,27,29-32H2,2-6H3,(H,63,74)(H,65,73)/t34-,40?,41?,42-,44+,47-,54+/m0/s1. The van der Waals surface area contributed by atoms with Gasteiger partial charge in [-0.1, -0.05) is 63.1 Å². The van der Waals surface area contributed by atoms with Gasteiger partial charge in [-0.2, -0.15) is 9.97 Å². The summed E-state index contributed by atoms with van der Waals surface area (Å²) in [6.07, 6.45) is 11.4. The van der Waals surface area contributed by atoms with Gasteiger partial charge in [-0.15, -0.1) is 17.8 Å². The monoisotopic (exact) mass is 1080 g/mol. The van der Waals surface area contributed by atoms with Gasteiger partial charge >= 0.3 is 6.01 Å². The van der Waals surface area contributed by atoms with E-state index in [-0.39, 0.29) is 72.9 Å². The Bertz CT molecular complexity index is 3220. The highest BCUT2D eigenvalue weighted by molar-refractivity contribution is 7.13. The van der Waals surface area contributed by atoms with E-state index in [9.17, 15) is 24.6 Å². The van der Waals surface area contributed by atoms with Gasteiger partial charge in [-0.3, -0.25) is 24.3 Å². The van der Waals surface area contributed by atoms with Gasteiger partial charge in [0, 0.05) is 86.5 Å². The number of fused-ring (bicyclic) bond motifs is 4. The van der Waals surface area contributed by atoms with E-state index in [1.54, 1.807) is 35.7 Å². The third-order valence-corrected chi connectivity index (χ3v) is 16.7. The highest BCUT2D eigenvalue weighted by Crippen LogP contribution is 2.39. The summed E-state index contributed by atoms with van der Waals surface area (Å²) in [4.78, 5) is 67.0. The summed E-state index contributed by atoms with van der Waals surface area (Å²) >= 11 is 1.57. The molecular weight excluding hydrogens is 1010 g/mol. The lowest BCUT2D eigenvalue weighted by Gasteiger charge is -2.35. The fraction of sp³-hybridized carbons (Fsp3) is 0.475. The quantitative estimate of drug-likeness (QED) is 0.0432. The van der Waals surface area contributed by atoms with E-state index < -0.39 is 35.3 Å². The average Bonchev–Trinajstić information content (AvgIpc) is 4.37. The van der Waals surface area contributed by atoms with Crippen molar-refractivity contribution in [2.24, 2.45) is 5.41 Å². The van der Waals surface area contributed by atoms with Crippen molar-refractivity contribution in [1.29, 1.82) is 0 Å². The van der Waals surface area contributed by atoms with Crippen LogP contribution in [0.15, 0.2) is 66.3 Å². The Morgan fingerprint density at radius 2 is 1.79 bits per heavy atom. The molecular formula is C59H69FN10O7S. The second-order valence-electron chi connectivity index (χ2n) is 22.3. The van der Waals surface area contributed by atoms with Crippen molar-refractivity contribution in [1.82, 2.24) is 45.7 Å². The Morgan fingerprint density at radius 1 is 1.01 bits per heavy atom. The van der Waals surface area contributed by atoms with Gasteiger partial charge in [0.05, 0.1) is 40.2 Å². The zero-order valence-corrected chi connectivity index (χ0v) is 45.7. The number of carbonyl (C=O) groups is 3. The first-order valence-electron chi connectivity index (χ1n) is 27.2. The van der Waals surface area contributed by atoms with Crippen molar-refractivity contribution in [2.45, 2.75) is 122 Å². The van der Waals surface area contributed by atoms with Crippen LogP contribution in [-0.2, 0) is 19.1 Å². The van der Waals surface area contributed by atoms with Crippen molar-refractivity contribution in [3.8, 4) is 45.8 Å². The van der Waals surface area contributed by atoms with E-state index in [2.05, 4.69) is 41.6 Å². The van der Waals surface area contributed by atoms with Crippen LogP contribution in [0.2, 0.25) is 0 Å². The van der Waals surface area contributed by atoms with Crippen LogP contribution >= 0.6 is 11.3 Å². The van der Waals surface area contributed by atoms with Crippen molar-refractivity contribution in [2.75, 3.05) is 57.4 Å². The summed E-state index contributed by atoms with van der Waals surface area (Å²) in [5.74, 6) is 1.41. The maximum atomic E-state index is 17.1. The summed E-state index contributed by atoms with van der Waals surface area (Å²) in [5.41, 5.74) is 5.01. The predicted octanol–water partition coefficient (Wildman–Crippen LogP) is 7.05. The number of aromatic nitrogens is 4. The number of anilines is 1. The number of hydrogen-bond donors (Lipinski definition) is 5. The number of halogens is 1. The van der Waals surface area contributed by atoms with Gasteiger partial charge in [-0.05, 0) is 92.6 Å². The van der Waals surface area contributed by atoms with Crippen LogP contribution in [0.5, 0.6) is 11.8 Å². The minimum atomic E-state index is -0.953. The first-order chi connectivity index (χ1) is 37.5. The predicted molar refractivity (Wildman–Crippen MR) is 298 cm³/mol. The molecule has 19 heteroatoms. The highest BCUT2D eigenvalue weighted by Gasteiger charge is 2.45. The number of nitrogens with zero attached hydrogens (tertiary/aromatic N) is 7. The SMILES string of the molecule is C#Cc1cccc2cc(O)cc(-c3ncc4c(N5CC6CCC(C5)N6)nc(OC[C@@H]5CCCN5CCCOCCC(=O)N[C@H](C(=O)N5C[C@H](O)C[C@H]5C(=O)N[C@@H](C)c5ccc(-c6scnc6C)cc5)C(C)(C)C)nc4c3F)c12. The van der Waals surface area contributed by atoms with E-state index in [4.69, 9.17) is 25.9 Å².